The Hall–Kier alpha value is 0.120. The highest BCUT2D eigenvalue weighted by atomic mass is 35.5. The van der Waals surface area contributed by atoms with Crippen LogP contribution in [0.5, 0.6) is 0 Å². The quantitative estimate of drug-likeness (QED) is 0.738. The van der Waals surface area contributed by atoms with Gasteiger partial charge in [-0.05, 0) is 32.6 Å². The van der Waals surface area contributed by atoms with E-state index in [2.05, 4.69) is 0 Å². The predicted molar refractivity (Wildman–Crippen MR) is 75.5 cm³/mol. The third-order valence-corrected chi connectivity index (χ3v) is 6.65. The van der Waals surface area contributed by atoms with Crippen LogP contribution in [-0.2, 0) is 14.9 Å². The molecule has 2 aliphatic heterocycles. The lowest BCUT2D eigenvalue weighted by atomic mass is 10.0. The average molecular weight is 311 g/mol. The van der Waals surface area contributed by atoms with Crippen LogP contribution in [0.15, 0.2) is 0 Å². The van der Waals surface area contributed by atoms with Gasteiger partial charge in [-0.25, -0.2) is 0 Å². The fraction of sp³-hybridized carbons (Fsp3) is 1.00. The first-order valence-electron chi connectivity index (χ1n) is 6.79. The molecule has 0 aromatic heterocycles. The van der Waals surface area contributed by atoms with Crippen LogP contribution in [0.2, 0.25) is 0 Å². The summed E-state index contributed by atoms with van der Waals surface area (Å²) in [6.07, 6.45) is 1.71. The third-order valence-electron chi connectivity index (χ3n) is 3.97. The molecule has 2 rings (SSSR count). The van der Waals surface area contributed by atoms with Crippen molar-refractivity contribution in [2.24, 2.45) is 5.92 Å². The van der Waals surface area contributed by atoms with Gasteiger partial charge in [0.05, 0.1) is 18.8 Å². The van der Waals surface area contributed by atoms with Gasteiger partial charge in [-0.15, -0.1) is 11.6 Å². The number of halogens is 1. The van der Waals surface area contributed by atoms with Crippen molar-refractivity contribution in [3.63, 3.8) is 0 Å². The zero-order valence-electron chi connectivity index (χ0n) is 11.6. The van der Waals surface area contributed by atoms with Crippen LogP contribution in [0.3, 0.4) is 0 Å². The minimum atomic E-state index is -3.38. The smallest absolute Gasteiger partial charge is 0.282 e. The van der Waals surface area contributed by atoms with Crippen LogP contribution in [-0.4, -0.2) is 61.3 Å². The second-order valence-corrected chi connectivity index (χ2v) is 8.10. The van der Waals surface area contributed by atoms with Crippen molar-refractivity contribution >= 4 is 21.8 Å². The van der Waals surface area contributed by atoms with Crippen LogP contribution in [0.1, 0.15) is 26.7 Å². The lowest BCUT2D eigenvalue weighted by Crippen LogP contribution is -2.60. The van der Waals surface area contributed by atoms with E-state index in [1.54, 1.807) is 8.61 Å². The molecule has 112 valence electrons. The van der Waals surface area contributed by atoms with E-state index in [0.717, 1.165) is 12.8 Å². The molecule has 0 aromatic rings. The van der Waals surface area contributed by atoms with Gasteiger partial charge in [0.2, 0.25) is 0 Å². The molecular weight excluding hydrogens is 288 g/mol. The van der Waals surface area contributed by atoms with Crippen molar-refractivity contribution in [3.8, 4) is 0 Å². The van der Waals surface area contributed by atoms with Gasteiger partial charge in [-0.1, -0.05) is 0 Å². The molecule has 0 amide bonds. The highest BCUT2D eigenvalue weighted by Crippen LogP contribution is 2.28. The summed E-state index contributed by atoms with van der Waals surface area (Å²) < 4.78 is 34.0. The summed E-state index contributed by atoms with van der Waals surface area (Å²) in [5.74, 6) is 1.07. The fourth-order valence-electron chi connectivity index (χ4n) is 2.71. The molecule has 2 fully saturated rings. The largest absolute Gasteiger partial charge is 0.378 e. The fourth-order valence-corrected chi connectivity index (χ4v) is 4.95. The highest BCUT2D eigenvalue weighted by molar-refractivity contribution is 7.86. The number of nitrogens with zero attached hydrogens (tertiary/aromatic N) is 2. The molecule has 0 spiro atoms. The monoisotopic (exact) mass is 310 g/mol. The third kappa shape index (κ3) is 3.24. The van der Waals surface area contributed by atoms with Crippen LogP contribution in [0.4, 0.5) is 0 Å². The summed E-state index contributed by atoms with van der Waals surface area (Å²) >= 11 is 5.84. The van der Waals surface area contributed by atoms with E-state index in [9.17, 15) is 8.42 Å². The molecular formula is C12H23ClN2O3S. The van der Waals surface area contributed by atoms with Crippen molar-refractivity contribution in [1.29, 1.82) is 0 Å². The summed E-state index contributed by atoms with van der Waals surface area (Å²) in [4.78, 5) is 0. The molecule has 0 aromatic carbocycles. The topological polar surface area (TPSA) is 49.9 Å². The number of hydrogen-bond acceptors (Lipinski definition) is 3. The second kappa shape index (κ2) is 5.85. The van der Waals surface area contributed by atoms with E-state index in [4.69, 9.17) is 16.3 Å². The van der Waals surface area contributed by atoms with E-state index in [1.165, 1.54) is 0 Å². The van der Waals surface area contributed by atoms with E-state index >= 15 is 0 Å². The van der Waals surface area contributed by atoms with Gasteiger partial charge in [-0.3, -0.25) is 0 Å². The Morgan fingerprint density at radius 1 is 1.26 bits per heavy atom. The zero-order chi connectivity index (χ0) is 14.1. The van der Waals surface area contributed by atoms with Gasteiger partial charge >= 0.3 is 0 Å². The van der Waals surface area contributed by atoms with E-state index in [0.29, 0.717) is 44.6 Å². The summed E-state index contributed by atoms with van der Waals surface area (Å²) in [5.41, 5.74) is -0.472. The maximum absolute atomic E-state index is 12.7. The SMILES string of the molecule is CC1(C)COCCN1S(=O)(=O)N1CCC(CCl)CC1. The van der Waals surface area contributed by atoms with E-state index in [1.807, 2.05) is 13.8 Å². The summed E-state index contributed by atoms with van der Waals surface area (Å²) in [6, 6.07) is 0. The first-order valence-corrected chi connectivity index (χ1v) is 8.73. The molecule has 2 saturated heterocycles. The molecule has 0 saturated carbocycles. The van der Waals surface area contributed by atoms with Crippen molar-refractivity contribution in [1.82, 2.24) is 8.61 Å². The number of hydrogen-bond donors (Lipinski definition) is 0. The van der Waals surface area contributed by atoms with Crippen molar-refractivity contribution in [2.75, 3.05) is 38.7 Å². The van der Waals surface area contributed by atoms with Crippen molar-refractivity contribution in [2.45, 2.75) is 32.2 Å². The maximum Gasteiger partial charge on any atom is 0.282 e. The second-order valence-electron chi connectivity index (χ2n) is 5.94. The highest BCUT2D eigenvalue weighted by Gasteiger charge is 2.42. The van der Waals surface area contributed by atoms with Crippen molar-refractivity contribution < 1.29 is 13.2 Å². The maximum atomic E-state index is 12.7. The molecule has 19 heavy (non-hydrogen) atoms. The Morgan fingerprint density at radius 3 is 2.42 bits per heavy atom. The van der Waals surface area contributed by atoms with Gasteiger partial charge in [0.15, 0.2) is 0 Å². The minimum Gasteiger partial charge on any atom is -0.378 e. The number of piperidine rings is 1. The first-order chi connectivity index (χ1) is 8.88. The molecule has 5 nitrogen and oxygen atoms in total. The van der Waals surface area contributed by atoms with Gasteiger partial charge in [0.25, 0.3) is 10.2 Å². The zero-order valence-corrected chi connectivity index (χ0v) is 13.2. The van der Waals surface area contributed by atoms with Crippen LogP contribution >= 0.6 is 11.6 Å². The Kier molecular flexibility index (Phi) is 4.78. The minimum absolute atomic E-state index is 0.435. The first kappa shape index (κ1) is 15.5. The molecule has 0 atom stereocenters. The summed E-state index contributed by atoms with van der Waals surface area (Å²) in [6.45, 7) is 6.33. The predicted octanol–water partition coefficient (Wildman–Crippen LogP) is 1.29. The van der Waals surface area contributed by atoms with Gasteiger partial charge in [-0.2, -0.15) is 17.0 Å². The van der Waals surface area contributed by atoms with Gasteiger partial charge < -0.3 is 4.74 Å². The van der Waals surface area contributed by atoms with Crippen LogP contribution in [0.25, 0.3) is 0 Å². The Morgan fingerprint density at radius 2 is 1.89 bits per heavy atom. The summed E-state index contributed by atoms with van der Waals surface area (Å²) in [5, 5.41) is 0. The van der Waals surface area contributed by atoms with E-state index in [-0.39, 0.29) is 0 Å². The lowest BCUT2D eigenvalue weighted by molar-refractivity contribution is -0.0110. The Balaban J connectivity index is 2.09. The number of alkyl halides is 1. The van der Waals surface area contributed by atoms with Crippen LogP contribution < -0.4 is 0 Å². The lowest BCUT2D eigenvalue weighted by Gasteiger charge is -2.44. The number of ether oxygens (including phenoxy) is 1. The molecule has 2 heterocycles. The average Bonchev–Trinajstić information content (AvgIpc) is 2.38. The van der Waals surface area contributed by atoms with Gasteiger partial charge in [0.1, 0.15) is 0 Å². The number of morpholine rings is 1. The Labute approximate surface area is 121 Å². The van der Waals surface area contributed by atoms with Crippen molar-refractivity contribution in [3.05, 3.63) is 0 Å². The molecule has 0 N–H and O–H groups in total. The molecule has 0 bridgehead atoms. The Bertz CT molecular complexity index is 405. The normalized spacial score (nSPS) is 27.5. The van der Waals surface area contributed by atoms with Crippen LogP contribution in [0, 0.1) is 5.92 Å². The molecule has 0 unspecified atom stereocenters. The molecule has 2 aliphatic rings. The molecule has 7 heteroatoms. The number of rotatable bonds is 3. The molecule has 0 aliphatic carbocycles. The summed E-state index contributed by atoms with van der Waals surface area (Å²) in [7, 11) is -3.38. The van der Waals surface area contributed by atoms with E-state index < -0.39 is 15.7 Å². The standard InChI is InChI=1S/C12H23ClN2O3S/c1-12(2)10-18-8-7-15(12)19(16,17)14-5-3-11(9-13)4-6-14/h11H,3-10H2,1-2H3. The molecule has 0 radical (unpaired) electrons. The van der Waals surface area contributed by atoms with Gasteiger partial charge in [0, 0.05) is 25.5 Å².